The van der Waals surface area contributed by atoms with Gasteiger partial charge in [-0.25, -0.2) is 4.79 Å². The number of benzene rings is 1. The molecule has 1 heterocycles. The minimum absolute atomic E-state index is 0.0800. The van der Waals surface area contributed by atoms with Crippen molar-refractivity contribution in [3.05, 3.63) is 29.3 Å². The Kier molecular flexibility index (Phi) is 4.55. The number of rotatable bonds is 3. The van der Waals surface area contributed by atoms with E-state index in [0.717, 1.165) is 6.42 Å². The fourth-order valence-electron chi connectivity index (χ4n) is 3.89. The summed E-state index contributed by atoms with van der Waals surface area (Å²) >= 11 is 0. The number of hydrogen-bond donors (Lipinski definition) is 0. The summed E-state index contributed by atoms with van der Waals surface area (Å²) in [5, 5.41) is 0. The highest BCUT2D eigenvalue weighted by Crippen LogP contribution is 2.45. The Morgan fingerprint density at radius 2 is 2.00 bits per heavy atom. The second-order valence-corrected chi connectivity index (χ2v) is 7.56. The van der Waals surface area contributed by atoms with Crippen LogP contribution >= 0.6 is 0 Å². The smallest absolute Gasteiger partial charge is 0.328 e. The molecule has 2 atom stereocenters. The van der Waals surface area contributed by atoms with Gasteiger partial charge in [0.25, 0.3) is 0 Å². The molecule has 0 N–H and O–H groups in total. The van der Waals surface area contributed by atoms with Crippen LogP contribution in [0.25, 0.3) is 0 Å². The molecule has 3 nitrogen and oxygen atoms in total. The Hall–Kier alpha value is -1.51. The fraction of sp³-hybridized carbons (Fsp3) is 0.632. The first-order chi connectivity index (χ1) is 10.2. The molecule has 3 heteroatoms. The molecule has 0 bridgehead atoms. The van der Waals surface area contributed by atoms with Crippen molar-refractivity contribution >= 4 is 11.7 Å². The number of esters is 1. The van der Waals surface area contributed by atoms with Crippen LogP contribution in [0.2, 0.25) is 0 Å². The lowest BCUT2D eigenvalue weighted by Crippen LogP contribution is -2.58. The molecule has 1 aromatic rings. The minimum atomic E-state index is -0.256. The number of ether oxygens (including phenoxy) is 1. The van der Waals surface area contributed by atoms with Gasteiger partial charge in [-0.15, -0.1) is 0 Å². The molecule has 122 valence electrons. The molecule has 0 aromatic heterocycles. The van der Waals surface area contributed by atoms with Gasteiger partial charge in [0, 0.05) is 11.2 Å². The molecular weight excluding hydrogens is 274 g/mol. The van der Waals surface area contributed by atoms with Crippen molar-refractivity contribution in [2.75, 3.05) is 12.0 Å². The third-order valence-electron chi connectivity index (χ3n) is 4.79. The molecule has 0 saturated heterocycles. The molecule has 22 heavy (non-hydrogen) atoms. The number of carbonyl (C=O) groups excluding carboxylic acids is 1. The summed E-state index contributed by atoms with van der Waals surface area (Å²) in [7, 11) is 1.48. The second kappa shape index (κ2) is 5.94. The first-order valence-corrected chi connectivity index (χ1v) is 8.16. The minimum Gasteiger partial charge on any atom is -0.467 e. The quantitative estimate of drug-likeness (QED) is 0.780. The Bertz CT molecular complexity index is 563. The average molecular weight is 303 g/mol. The van der Waals surface area contributed by atoms with Crippen LogP contribution in [0.3, 0.4) is 0 Å². The van der Waals surface area contributed by atoms with E-state index in [0.29, 0.717) is 5.92 Å². The summed E-state index contributed by atoms with van der Waals surface area (Å²) in [5.74, 6) is 0.533. The maximum Gasteiger partial charge on any atom is 0.328 e. The van der Waals surface area contributed by atoms with Gasteiger partial charge in [0.05, 0.1) is 7.11 Å². The van der Waals surface area contributed by atoms with Crippen molar-refractivity contribution in [3.8, 4) is 0 Å². The van der Waals surface area contributed by atoms with Gasteiger partial charge in [-0.05, 0) is 56.2 Å². The van der Waals surface area contributed by atoms with E-state index < -0.39 is 0 Å². The Morgan fingerprint density at radius 3 is 2.55 bits per heavy atom. The van der Waals surface area contributed by atoms with Gasteiger partial charge in [0.1, 0.15) is 6.04 Å². The first kappa shape index (κ1) is 16.9. The number of carbonyl (C=O) groups is 1. The predicted molar refractivity (Wildman–Crippen MR) is 91.4 cm³/mol. The summed E-state index contributed by atoms with van der Waals surface area (Å²) < 4.78 is 5.11. The van der Waals surface area contributed by atoms with E-state index in [1.165, 1.54) is 23.9 Å². The number of methoxy groups -OCH3 is 1. The summed E-state index contributed by atoms with van der Waals surface area (Å²) in [5.41, 5.74) is 3.66. The monoisotopic (exact) mass is 303 g/mol. The van der Waals surface area contributed by atoms with Gasteiger partial charge in [-0.3, -0.25) is 0 Å². The van der Waals surface area contributed by atoms with Crippen LogP contribution in [0.4, 0.5) is 5.69 Å². The lowest BCUT2D eigenvalue weighted by Gasteiger charge is -2.51. The Morgan fingerprint density at radius 1 is 1.36 bits per heavy atom. The normalized spacial score (nSPS) is 21.5. The maximum atomic E-state index is 12.5. The molecule has 1 aliphatic rings. The highest BCUT2D eigenvalue weighted by Gasteiger charge is 2.43. The van der Waals surface area contributed by atoms with Crippen molar-refractivity contribution in [2.45, 2.75) is 65.5 Å². The lowest BCUT2D eigenvalue weighted by atomic mass is 9.77. The molecule has 2 rings (SSSR count). The van der Waals surface area contributed by atoms with Crippen LogP contribution < -0.4 is 4.90 Å². The second-order valence-electron chi connectivity index (χ2n) is 7.56. The van der Waals surface area contributed by atoms with Crippen molar-refractivity contribution in [1.82, 2.24) is 0 Å². The molecule has 0 aliphatic carbocycles. The van der Waals surface area contributed by atoms with E-state index in [1.807, 2.05) is 0 Å². The number of nitrogens with zero attached hydrogens (tertiary/aromatic N) is 1. The highest BCUT2D eigenvalue weighted by atomic mass is 16.5. The van der Waals surface area contributed by atoms with Gasteiger partial charge in [0.15, 0.2) is 0 Å². The van der Waals surface area contributed by atoms with E-state index in [2.05, 4.69) is 64.6 Å². The van der Waals surface area contributed by atoms with Crippen molar-refractivity contribution in [2.24, 2.45) is 5.92 Å². The van der Waals surface area contributed by atoms with E-state index in [1.54, 1.807) is 0 Å². The molecular formula is C19H29NO2. The first-order valence-electron chi connectivity index (χ1n) is 8.16. The van der Waals surface area contributed by atoms with Gasteiger partial charge in [-0.1, -0.05) is 32.9 Å². The van der Waals surface area contributed by atoms with Gasteiger partial charge >= 0.3 is 5.97 Å². The van der Waals surface area contributed by atoms with Crippen molar-refractivity contribution < 1.29 is 9.53 Å². The topological polar surface area (TPSA) is 29.5 Å². The molecule has 0 saturated carbocycles. The van der Waals surface area contributed by atoms with Gasteiger partial charge in [0.2, 0.25) is 0 Å². The van der Waals surface area contributed by atoms with E-state index in [9.17, 15) is 4.79 Å². The number of hydrogen-bond acceptors (Lipinski definition) is 3. The summed E-state index contributed by atoms with van der Waals surface area (Å²) in [6, 6.07) is 6.33. The lowest BCUT2D eigenvalue weighted by molar-refractivity contribution is -0.143. The van der Waals surface area contributed by atoms with Gasteiger partial charge < -0.3 is 9.64 Å². The summed E-state index contributed by atoms with van der Waals surface area (Å²) in [6.45, 7) is 13.0. The van der Waals surface area contributed by atoms with Crippen LogP contribution in [0, 0.1) is 12.8 Å². The van der Waals surface area contributed by atoms with Crippen LogP contribution in [-0.2, 0) is 9.53 Å². The average Bonchev–Trinajstić information content (AvgIpc) is 2.41. The van der Waals surface area contributed by atoms with E-state index >= 15 is 0 Å². The number of aryl methyl sites for hydroxylation is 1. The third-order valence-corrected chi connectivity index (χ3v) is 4.79. The predicted octanol–water partition coefficient (Wildman–Crippen LogP) is 4.28. The SMILES string of the molecule is COC(=O)[C@@H](C(C)C)N1c2cc(C)ccc2[C@H](C)CC1(C)C. The largest absolute Gasteiger partial charge is 0.467 e. The molecule has 0 radical (unpaired) electrons. The molecule has 1 aliphatic heterocycles. The van der Waals surface area contributed by atoms with Crippen molar-refractivity contribution in [3.63, 3.8) is 0 Å². The fourth-order valence-corrected chi connectivity index (χ4v) is 3.89. The van der Waals surface area contributed by atoms with E-state index in [-0.39, 0.29) is 23.5 Å². The zero-order valence-corrected chi connectivity index (χ0v) is 14.9. The van der Waals surface area contributed by atoms with Crippen LogP contribution in [-0.4, -0.2) is 24.7 Å². The standard InChI is InChI=1S/C19H29NO2/c1-12(2)17(18(21)22-7)20-16-10-13(3)8-9-15(16)14(4)11-19(20,5)6/h8-10,12,14,17H,11H2,1-7H3/t14-,17-/m1/s1. The molecule has 0 spiro atoms. The van der Waals surface area contributed by atoms with Crippen molar-refractivity contribution in [1.29, 1.82) is 0 Å². The maximum absolute atomic E-state index is 12.5. The number of anilines is 1. The van der Waals surface area contributed by atoms with Crippen LogP contribution in [0.5, 0.6) is 0 Å². The van der Waals surface area contributed by atoms with Crippen LogP contribution in [0.1, 0.15) is 58.1 Å². The van der Waals surface area contributed by atoms with E-state index in [4.69, 9.17) is 4.74 Å². The zero-order valence-electron chi connectivity index (χ0n) is 14.9. The summed E-state index contributed by atoms with van der Waals surface area (Å²) in [6.07, 6.45) is 1.03. The number of fused-ring (bicyclic) bond motifs is 1. The third kappa shape index (κ3) is 2.86. The van der Waals surface area contributed by atoms with Gasteiger partial charge in [-0.2, -0.15) is 0 Å². The highest BCUT2D eigenvalue weighted by molar-refractivity contribution is 5.82. The molecule has 0 fully saturated rings. The molecule has 0 amide bonds. The molecule has 1 aromatic carbocycles. The van der Waals surface area contributed by atoms with Crippen LogP contribution in [0.15, 0.2) is 18.2 Å². The zero-order chi connectivity index (χ0) is 16.7. The molecule has 0 unspecified atom stereocenters. The Balaban J connectivity index is 2.63. The Labute approximate surface area is 134 Å². The summed E-state index contributed by atoms with van der Waals surface area (Å²) in [4.78, 5) is 14.8.